The molecule has 8 heteroatoms. The first kappa shape index (κ1) is 14.3. The van der Waals surface area contributed by atoms with Gasteiger partial charge in [0.05, 0.1) is 17.7 Å². The molecule has 0 saturated heterocycles. The molecule has 0 bridgehead atoms. The van der Waals surface area contributed by atoms with Gasteiger partial charge in [-0.1, -0.05) is 0 Å². The molecule has 18 heavy (non-hydrogen) atoms. The summed E-state index contributed by atoms with van der Waals surface area (Å²) < 4.78 is 66.7. The first-order chi connectivity index (χ1) is 8.27. The lowest BCUT2D eigenvalue weighted by atomic mass is 10.1. The molecule has 0 unspecified atom stereocenters. The highest BCUT2D eigenvalue weighted by molar-refractivity contribution is 5.91. The van der Waals surface area contributed by atoms with Crippen LogP contribution in [-0.4, -0.2) is 17.6 Å². The minimum Gasteiger partial charge on any atom is -0.462 e. The zero-order valence-corrected chi connectivity index (χ0v) is 9.09. The van der Waals surface area contributed by atoms with E-state index in [4.69, 9.17) is 0 Å². The van der Waals surface area contributed by atoms with Gasteiger partial charge in [-0.15, -0.1) is 0 Å². The largest absolute Gasteiger partial charge is 0.462 e. The van der Waals surface area contributed by atoms with Gasteiger partial charge in [-0.25, -0.2) is 13.6 Å². The van der Waals surface area contributed by atoms with Crippen molar-refractivity contribution < 1.29 is 31.5 Å². The van der Waals surface area contributed by atoms with Crippen molar-refractivity contribution in [3.63, 3.8) is 0 Å². The van der Waals surface area contributed by atoms with Gasteiger partial charge in [-0.2, -0.15) is 13.2 Å². The maximum Gasteiger partial charge on any atom is 0.418 e. The van der Waals surface area contributed by atoms with Crippen LogP contribution in [-0.2, 0) is 10.9 Å². The molecule has 1 aromatic heterocycles. The molecule has 0 aliphatic carbocycles. The summed E-state index contributed by atoms with van der Waals surface area (Å²) in [5, 5.41) is 0. The normalized spacial score (nSPS) is 11.7. The van der Waals surface area contributed by atoms with Crippen molar-refractivity contribution in [3.8, 4) is 0 Å². The van der Waals surface area contributed by atoms with E-state index in [1.165, 1.54) is 6.92 Å². The van der Waals surface area contributed by atoms with Crippen LogP contribution in [0.1, 0.15) is 35.0 Å². The number of alkyl halides is 5. The van der Waals surface area contributed by atoms with Gasteiger partial charge in [0.25, 0.3) is 6.43 Å². The molecule has 100 valence electrons. The molecule has 0 N–H and O–H groups in total. The number of ether oxygens (including phenoxy) is 1. The lowest BCUT2D eigenvalue weighted by molar-refractivity contribution is -0.138. The quantitative estimate of drug-likeness (QED) is 0.624. The van der Waals surface area contributed by atoms with E-state index in [2.05, 4.69) is 9.72 Å². The first-order valence-electron chi connectivity index (χ1n) is 4.79. The van der Waals surface area contributed by atoms with Gasteiger partial charge in [-0.05, 0) is 13.0 Å². The highest BCUT2D eigenvalue weighted by Gasteiger charge is 2.37. The van der Waals surface area contributed by atoms with Crippen LogP contribution in [0.5, 0.6) is 0 Å². The van der Waals surface area contributed by atoms with Gasteiger partial charge >= 0.3 is 12.1 Å². The molecule has 3 nitrogen and oxygen atoms in total. The third-order valence-electron chi connectivity index (χ3n) is 1.95. The second kappa shape index (κ2) is 5.28. The summed E-state index contributed by atoms with van der Waals surface area (Å²) in [6.07, 6.45) is -7.73. The lowest BCUT2D eigenvalue weighted by Gasteiger charge is -2.12. The molecule has 0 fully saturated rings. The van der Waals surface area contributed by atoms with E-state index in [-0.39, 0.29) is 12.8 Å². The third kappa shape index (κ3) is 3.14. The number of hydrogen-bond acceptors (Lipinski definition) is 3. The average molecular weight is 269 g/mol. The zero-order chi connectivity index (χ0) is 13.9. The number of carbonyl (C=O) groups is 1. The Morgan fingerprint density at radius 1 is 1.44 bits per heavy atom. The highest BCUT2D eigenvalue weighted by Crippen LogP contribution is 2.33. The van der Waals surface area contributed by atoms with Gasteiger partial charge in [0.2, 0.25) is 0 Å². The number of nitrogens with zero attached hydrogens (tertiary/aromatic N) is 1. The number of pyridine rings is 1. The molecule has 0 atom stereocenters. The summed E-state index contributed by atoms with van der Waals surface area (Å²) in [5.41, 5.74) is -3.27. The van der Waals surface area contributed by atoms with Crippen LogP contribution in [0.15, 0.2) is 12.3 Å². The Kier molecular flexibility index (Phi) is 4.20. The van der Waals surface area contributed by atoms with Gasteiger partial charge < -0.3 is 4.74 Å². The molecule has 0 aromatic carbocycles. The third-order valence-corrected chi connectivity index (χ3v) is 1.95. The Labute approximate surface area is 98.6 Å². The van der Waals surface area contributed by atoms with Crippen LogP contribution >= 0.6 is 0 Å². The monoisotopic (exact) mass is 269 g/mol. The standard InChI is InChI=1S/C10H8F5NO2/c1-2-18-9(17)5-3-7(8(11)12)16-4-6(5)10(13,14)15/h3-4,8H,2H2,1H3. The maximum absolute atomic E-state index is 12.5. The topological polar surface area (TPSA) is 39.2 Å². The maximum atomic E-state index is 12.5. The molecule has 0 spiro atoms. The number of esters is 1. The molecular weight excluding hydrogens is 261 g/mol. The average Bonchev–Trinajstić information content (AvgIpc) is 2.27. The number of aromatic nitrogens is 1. The molecule has 0 aliphatic heterocycles. The fraction of sp³-hybridized carbons (Fsp3) is 0.400. The second-order valence-electron chi connectivity index (χ2n) is 3.17. The van der Waals surface area contributed by atoms with Crippen molar-refractivity contribution in [1.82, 2.24) is 4.98 Å². The van der Waals surface area contributed by atoms with E-state index in [1.807, 2.05) is 0 Å². The number of hydrogen-bond donors (Lipinski definition) is 0. The Morgan fingerprint density at radius 3 is 2.50 bits per heavy atom. The van der Waals surface area contributed by atoms with Gasteiger partial charge in [0.15, 0.2) is 0 Å². The van der Waals surface area contributed by atoms with E-state index < -0.39 is 35.4 Å². The van der Waals surface area contributed by atoms with Crippen molar-refractivity contribution in [2.75, 3.05) is 6.61 Å². The van der Waals surface area contributed by atoms with Crippen LogP contribution in [0.4, 0.5) is 22.0 Å². The van der Waals surface area contributed by atoms with Crippen LogP contribution in [0.2, 0.25) is 0 Å². The SMILES string of the molecule is CCOC(=O)c1cc(C(F)F)ncc1C(F)(F)F. The molecule has 1 rings (SSSR count). The second-order valence-corrected chi connectivity index (χ2v) is 3.17. The Morgan fingerprint density at radius 2 is 2.06 bits per heavy atom. The lowest BCUT2D eigenvalue weighted by Crippen LogP contribution is -2.16. The van der Waals surface area contributed by atoms with Crippen LogP contribution in [0.3, 0.4) is 0 Å². The van der Waals surface area contributed by atoms with Crippen molar-refractivity contribution >= 4 is 5.97 Å². The number of carbonyl (C=O) groups excluding carboxylic acids is 1. The summed E-state index contributed by atoms with van der Waals surface area (Å²) in [5.74, 6) is -1.31. The van der Waals surface area contributed by atoms with E-state index in [9.17, 15) is 26.7 Å². The molecule has 1 aromatic rings. The van der Waals surface area contributed by atoms with Crippen molar-refractivity contribution in [2.24, 2.45) is 0 Å². The minimum atomic E-state index is -4.87. The fourth-order valence-corrected chi connectivity index (χ4v) is 1.19. The summed E-state index contributed by atoms with van der Waals surface area (Å²) in [4.78, 5) is 14.3. The molecule has 0 radical (unpaired) electrons. The van der Waals surface area contributed by atoms with Gasteiger partial charge in [-0.3, -0.25) is 4.98 Å². The number of halogens is 5. The highest BCUT2D eigenvalue weighted by atomic mass is 19.4. The Bertz CT molecular complexity index is 444. The predicted octanol–water partition coefficient (Wildman–Crippen LogP) is 3.21. The van der Waals surface area contributed by atoms with Crippen LogP contribution in [0, 0.1) is 0 Å². The Hall–Kier alpha value is -1.73. The predicted molar refractivity (Wildman–Crippen MR) is 50.2 cm³/mol. The summed E-state index contributed by atoms with van der Waals surface area (Å²) >= 11 is 0. The smallest absolute Gasteiger partial charge is 0.418 e. The number of rotatable bonds is 3. The van der Waals surface area contributed by atoms with E-state index >= 15 is 0 Å². The van der Waals surface area contributed by atoms with Gasteiger partial charge in [0, 0.05) is 6.20 Å². The molecule has 0 aliphatic rings. The zero-order valence-electron chi connectivity index (χ0n) is 9.09. The van der Waals surface area contributed by atoms with Crippen LogP contribution < -0.4 is 0 Å². The van der Waals surface area contributed by atoms with Crippen molar-refractivity contribution in [2.45, 2.75) is 19.5 Å². The summed E-state index contributed by atoms with van der Waals surface area (Å²) in [6.45, 7) is 1.23. The van der Waals surface area contributed by atoms with Crippen molar-refractivity contribution in [3.05, 3.63) is 29.1 Å². The first-order valence-corrected chi connectivity index (χ1v) is 4.79. The van der Waals surface area contributed by atoms with E-state index in [0.717, 1.165) is 0 Å². The summed E-state index contributed by atoms with van der Waals surface area (Å²) in [7, 11) is 0. The molecule has 0 amide bonds. The molecule has 1 heterocycles. The molecule has 0 saturated carbocycles. The Balaban J connectivity index is 3.31. The summed E-state index contributed by atoms with van der Waals surface area (Å²) in [6, 6.07) is 0.394. The molecular formula is C10H8F5NO2. The fourth-order valence-electron chi connectivity index (χ4n) is 1.19. The van der Waals surface area contributed by atoms with Gasteiger partial charge in [0.1, 0.15) is 5.69 Å². The van der Waals surface area contributed by atoms with E-state index in [1.54, 1.807) is 0 Å². The minimum absolute atomic E-state index is 0.164. The van der Waals surface area contributed by atoms with Crippen molar-refractivity contribution in [1.29, 1.82) is 0 Å². The van der Waals surface area contributed by atoms with E-state index in [0.29, 0.717) is 6.07 Å². The van der Waals surface area contributed by atoms with Crippen LogP contribution in [0.25, 0.3) is 0 Å².